The van der Waals surface area contributed by atoms with Gasteiger partial charge in [0.25, 0.3) is 0 Å². The van der Waals surface area contributed by atoms with Crippen LogP contribution in [0, 0.1) is 24.6 Å². The number of likely N-dealkylation sites (tertiary alicyclic amines) is 1. The van der Waals surface area contributed by atoms with Gasteiger partial charge in [-0.25, -0.2) is 4.39 Å². The molecule has 4 heteroatoms. The summed E-state index contributed by atoms with van der Waals surface area (Å²) in [7, 11) is 0. The van der Waals surface area contributed by atoms with Crippen LogP contribution in [0.1, 0.15) is 44.1 Å². The first-order chi connectivity index (χ1) is 14.1. The van der Waals surface area contributed by atoms with Gasteiger partial charge in [0.2, 0.25) is 5.91 Å². The molecular formula is C25H29FN2O. The molecule has 29 heavy (non-hydrogen) atoms. The fourth-order valence-electron chi connectivity index (χ4n) is 5.23. The molecule has 2 aliphatic rings. The predicted molar refractivity (Wildman–Crippen MR) is 115 cm³/mol. The quantitative estimate of drug-likeness (QED) is 0.549. The third-order valence-corrected chi connectivity index (χ3v) is 7.09. The van der Waals surface area contributed by atoms with Crippen LogP contribution < -0.4 is 0 Å². The lowest BCUT2D eigenvalue weighted by Gasteiger charge is -2.38. The van der Waals surface area contributed by atoms with E-state index in [0.29, 0.717) is 24.2 Å². The van der Waals surface area contributed by atoms with Crippen molar-refractivity contribution in [1.29, 1.82) is 0 Å². The largest absolute Gasteiger partial charge is 0.342 e. The second kappa shape index (κ2) is 7.47. The van der Waals surface area contributed by atoms with Gasteiger partial charge >= 0.3 is 0 Å². The maximum Gasteiger partial charge on any atom is 0.222 e. The predicted octanol–water partition coefficient (Wildman–Crippen LogP) is 5.67. The highest BCUT2D eigenvalue weighted by Gasteiger charge is 2.31. The van der Waals surface area contributed by atoms with Crippen LogP contribution in [-0.4, -0.2) is 28.5 Å². The van der Waals surface area contributed by atoms with Gasteiger partial charge in [0, 0.05) is 47.9 Å². The highest BCUT2D eigenvalue weighted by molar-refractivity contribution is 6.08. The number of hydrogen-bond donors (Lipinski definition) is 0. The Morgan fingerprint density at radius 3 is 2.48 bits per heavy atom. The summed E-state index contributed by atoms with van der Waals surface area (Å²) in [5, 5.41) is 2.12. The van der Waals surface area contributed by atoms with Gasteiger partial charge in [-0.3, -0.25) is 4.79 Å². The van der Waals surface area contributed by atoms with Crippen molar-refractivity contribution < 1.29 is 9.18 Å². The Morgan fingerprint density at radius 2 is 1.76 bits per heavy atom. The molecule has 1 aliphatic carbocycles. The van der Waals surface area contributed by atoms with Crippen molar-refractivity contribution in [3.8, 4) is 0 Å². The highest BCUT2D eigenvalue weighted by Crippen LogP contribution is 2.38. The molecule has 2 aromatic carbocycles. The number of piperidine rings is 1. The van der Waals surface area contributed by atoms with Crippen LogP contribution >= 0.6 is 0 Å². The molecule has 0 N–H and O–H groups in total. The fourth-order valence-corrected chi connectivity index (χ4v) is 5.23. The van der Waals surface area contributed by atoms with Crippen molar-refractivity contribution >= 4 is 27.7 Å². The molecule has 5 rings (SSSR count). The lowest BCUT2D eigenvalue weighted by molar-refractivity contribution is -0.134. The van der Waals surface area contributed by atoms with Gasteiger partial charge in [0.1, 0.15) is 5.82 Å². The number of benzene rings is 2. The molecule has 1 amide bonds. The van der Waals surface area contributed by atoms with E-state index in [9.17, 15) is 9.18 Å². The van der Waals surface area contributed by atoms with Gasteiger partial charge < -0.3 is 9.47 Å². The summed E-state index contributed by atoms with van der Waals surface area (Å²) in [6, 6.07) is 11.6. The third kappa shape index (κ3) is 3.43. The zero-order valence-corrected chi connectivity index (χ0v) is 17.2. The number of hydrogen-bond acceptors (Lipinski definition) is 1. The van der Waals surface area contributed by atoms with Gasteiger partial charge in [-0.2, -0.15) is 0 Å². The SMILES string of the molecule is Cc1ccc2c(c1)c1cc(F)ccc1n2CC(CN1CCCCC1=O)C1CCC1. The van der Waals surface area contributed by atoms with Crippen LogP contribution in [0.4, 0.5) is 4.39 Å². The Kier molecular flexibility index (Phi) is 4.81. The van der Waals surface area contributed by atoms with Crippen LogP contribution in [0.3, 0.4) is 0 Å². The van der Waals surface area contributed by atoms with E-state index in [1.165, 1.54) is 30.3 Å². The molecular weight excluding hydrogens is 363 g/mol. The number of aromatic nitrogens is 1. The van der Waals surface area contributed by atoms with Crippen LogP contribution in [0.25, 0.3) is 21.8 Å². The Morgan fingerprint density at radius 1 is 1.00 bits per heavy atom. The summed E-state index contributed by atoms with van der Waals surface area (Å²) in [5.74, 6) is 1.27. The molecule has 0 radical (unpaired) electrons. The topological polar surface area (TPSA) is 25.2 Å². The standard InChI is InChI=1S/C25H29FN2O/c1-17-8-10-23-21(13-17)22-14-20(26)9-11-24(22)28(23)16-19(18-5-4-6-18)15-27-12-3-2-7-25(27)29/h8-11,13-14,18-19H,2-7,12,15-16H2,1H3. The van der Waals surface area contributed by atoms with Gasteiger partial charge in [0.15, 0.2) is 0 Å². The Balaban J connectivity index is 1.54. The summed E-state index contributed by atoms with van der Waals surface area (Å²) in [6.45, 7) is 4.74. The number of amides is 1. The highest BCUT2D eigenvalue weighted by atomic mass is 19.1. The average molecular weight is 393 g/mol. The Bertz CT molecular complexity index is 1010. The number of halogens is 1. The molecule has 1 unspecified atom stereocenters. The molecule has 3 nitrogen and oxygen atoms in total. The van der Waals surface area contributed by atoms with E-state index in [2.05, 4.69) is 34.6 Å². The van der Waals surface area contributed by atoms with Crippen molar-refractivity contribution in [2.75, 3.05) is 13.1 Å². The fraction of sp³-hybridized carbons (Fsp3) is 0.480. The normalized spacial score (nSPS) is 19.1. The number of carbonyl (C=O) groups excluding carboxylic acids is 1. The second-order valence-electron chi connectivity index (χ2n) is 9.04. The Hall–Kier alpha value is -2.36. The van der Waals surface area contributed by atoms with E-state index in [0.717, 1.165) is 48.8 Å². The summed E-state index contributed by atoms with van der Waals surface area (Å²) in [6.07, 6.45) is 6.67. The van der Waals surface area contributed by atoms with Gasteiger partial charge in [-0.05, 0) is 61.9 Å². The van der Waals surface area contributed by atoms with E-state index < -0.39 is 0 Å². The number of rotatable bonds is 5. The van der Waals surface area contributed by atoms with E-state index in [1.54, 1.807) is 12.1 Å². The number of fused-ring (bicyclic) bond motifs is 3. The van der Waals surface area contributed by atoms with Crippen LogP contribution in [0.15, 0.2) is 36.4 Å². The molecule has 2 fully saturated rings. The summed E-state index contributed by atoms with van der Waals surface area (Å²) >= 11 is 0. The monoisotopic (exact) mass is 392 g/mol. The maximum atomic E-state index is 14.0. The second-order valence-corrected chi connectivity index (χ2v) is 9.04. The summed E-state index contributed by atoms with van der Waals surface area (Å²) in [5.41, 5.74) is 3.46. The minimum Gasteiger partial charge on any atom is -0.342 e. The summed E-state index contributed by atoms with van der Waals surface area (Å²) < 4.78 is 16.4. The summed E-state index contributed by atoms with van der Waals surface area (Å²) in [4.78, 5) is 14.5. The number of nitrogens with zero attached hydrogens (tertiary/aromatic N) is 2. The van der Waals surface area contributed by atoms with Crippen molar-refractivity contribution in [2.45, 2.75) is 52.0 Å². The van der Waals surface area contributed by atoms with E-state index in [4.69, 9.17) is 0 Å². The molecule has 1 aromatic heterocycles. The van der Waals surface area contributed by atoms with Crippen molar-refractivity contribution in [3.63, 3.8) is 0 Å². The lowest BCUT2D eigenvalue weighted by atomic mass is 9.75. The lowest BCUT2D eigenvalue weighted by Crippen LogP contribution is -2.42. The first-order valence-corrected chi connectivity index (χ1v) is 11.1. The Labute approximate surface area is 171 Å². The minimum atomic E-state index is -0.187. The number of carbonyl (C=O) groups is 1. The molecule has 2 heterocycles. The zero-order valence-electron chi connectivity index (χ0n) is 17.2. The molecule has 1 aliphatic heterocycles. The first-order valence-electron chi connectivity index (χ1n) is 11.1. The van der Waals surface area contributed by atoms with Gasteiger partial charge in [-0.1, -0.05) is 30.9 Å². The molecule has 152 valence electrons. The van der Waals surface area contributed by atoms with Crippen LogP contribution in [-0.2, 0) is 11.3 Å². The first kappa shape index (κ1) is 18.7. The van der Waals surface area contributed by atoms with E-state index >= 15 is 0 Å². The van der Waals surface area contributed by atoms with Crippen molar-refractivity contribution in [2.24, 2.45) is 11.8 Å². The molecule has 3 aromatic rings. The maximum absolute atomic E-state index is 14.0. The smallest absolute Gasteiger partial charge is 0.222 e. The molecule has 1 atom stereocenters. The molecule has 1 saturated carbocycles. The third-order valence-electron chi connectivity index (χ3n) is 7.09. The van der Waals surface area contributed by atoms with Gasteiger partial charge in [-0.15, -0.1) is 0 Å². The molecule has 1 saturated heterocycles. The molecule has 0 spiro atoms. The van der Waals surface area contributed by atoms with Crippen LogP contribution in [0.5, 0.6) is 0 Å². The number of aryl methyl sites for hydroxylation is 1. The minimum absolute atomic E-state index is 0.187. The average Bonchev–Trinajstić information content (AvgIpc) is 2.94. The van der Waals surface area contributed by atoms with E-state index in [1.807, 2.05) is 6.07 Å². The van der Waals surface area contributed by atoms with Crippen molar-refractivity contribution in [1.82, 2.24) is 9.47 Å². The molecule has 0 bridgehead atoms. The van der Waals surface area contributed by atoms with Crippen LogP contribution in [0.2, 0.25) is 0 Å². The van der Waals surface area contributed by atoms with E-state index in [-0.39, 0.29) is 5.82 Å². The van der Waals surface area contributed by atoms with Gasteiger partial charge in [0.05, 0.1) is 0 Å². The zero-order chi connectivity index (χ0) is 20.0. The van der Waals surface area contributed by atoms with Crippen molar-refractivity contribution in [3.05, 3.63) is 47.8 Å².